The topological polar surface area (TPSA) is 61.9 Å². The Morgan fingerprint density at radius 3 is 2.45 bits per heavy atom. The van der Waals surface area contributed by atoms with E-state index in [0.29, 0.717) is 31.0 Å². The second-order valence-corrected chi connectivity index (χ2v) is 9.65. The van der Waals surface area contributed by atoms with Crippen LogP contribution in [0.5, 0.6) is 0 Å². The molecule has 6 heteroatoms. The summed E-state index contributed by atoms with van der Waals surface area (Å²) in [6.45, 7) is 10.2. The molecule has 6 nitrogen and oxygen atoms in total. The third-order valence-corrected chi connectivity index (χ3v) is 7.46. The third kappa shape index (κ3) is 5.29. The van der Waals surface area contributed by atoms with Gasteiger partial charge in [0.2, 0.25) is 11.8 Å². The number of benzene rings is 1. The number of hydrogen-bond donors (Lipinski definition) is 1. The lowest BCUT2D eigenvalue weighted by Crippen LogP contribution is -2.38. The van der Waals surface area contributed by atoms with Crippen molar-refractivity contribution in [2.24, 2.45) is 23.7 Å². The van der Waals surface area contributed by atoms with Crippen LogP contribution in [0.25, 0.3) is 0 Å². The maximum absolute atomic E-state index is 12.7. The maximum atomic E-state index is 12.7. The van der Waals surface area contributed by atoms with Crippen molar-refractivity contribution in [2.45, 2.75) is 39.2 Å². The molecule has 3 aliphatic heterocycles. The highest BCUT2D eigenvalue weighted by atomic mass is 16.5. The van der Waals surface area contributed by atoms with Crippen molar-refractivity contribution in [1.82, 2.24) is 15.1 Å². The van der Waals surface area contributed by atoms with Gasteiger partial charge in [-0.15, -0.1) is 0 Å². The molecule has 0 bridgehead atoms. The van der Waals surface area contributed by atoms with Gasteiger partial charge in [-0.2, -0.15) is 0 Å². The Morgan fingerprint density at radius 1 is 1.13 bits per heavy atom. The summed E-state index contributed by atoms with van der Waals surface area (Å²) in [5.74, 6) is 1.73. The minimum absolute atomic E-state index is 0.0219. The number of nitrogens with zero attached hydrogens (tertiary/aromatic N) is 2. The maximum Gasteiger partial charge on any atom is 0.226 e. The Bertz CT molecular complexity index is 736. The Kier molecular flexibility index (Phi) is 7.28. The predicted octanol–water partition coefficient (Wildman–Crippen LogP) is 2.71. The van der Waals surface area contributed by atoms with Crippen molar-refractivity contribution >= 4 is 11.8 Å². The number of amides is 2. The molecule has 1 aromatic carbocycles. The monoisotopic (exact) mass is 427 g/mol. The zero-order chi connectivity index (χ0) is 21.8. The molecule has 0 saturated carbocycles. The van der Waals surface area contributed by atoms with Crippen LogP contribution in [0.2, 0.25) is 0 Å². The van der Waals surface area contributed by atoms with Crippen LogP contribution in [0.4, 0.5) is 0 Å². The number of carbonyl (C=O) groups excluding carboxylic acids is 2. The molecule has 0 radical (unpaired) electrons. The molecule has 5 atom stereocenters. The van der Waals surface area contributed by atoms with Gasteiger partial charge in [0, 0.05) is 45.2 Å². The van der Waals surface area contributed by atoms with Crippen LogP contribution in [0, 0.1) is 23.7 Å². The number of likely N-dealkylation sites (tertiary alicyclic amines) is 2. The normalized spacial score (nSPS) is 27.8. The van der Waals surface area contributed by atoms with Gasteiger partial charge in [0.25, 0.3) is 0 Å². The van der Waals surface area contributed by atoms with Crippen LogP contribution in [0.1, 0.15) is 44.7 Å². The lowest BCUT2D eigenvalue weighted by Gasteiger charge is -2.26. The number of fused-ring (bicyclic) bond motifs is 1. The molecule has 3 aliphatic rings. The Hall–Kier alpha value is -1.92. The fourth-order valence-corrected chi connectivity index (χ4v) is 5.29. The van der Waals surface area contributed by atoms with Crippen LogP contribution in [-0.2, 0) is 14.3 Å². The highest BCUT2D eigenvalue weighted by Gasteiger charge is 2.42. The number of ether oxygens (including phenoxy) is 1. The second-order valence-electron chi connectivity index (χ2n) is 9.65. The summed E-state index contributed by atoms with van der Waals surface area (Å²) in [6.07, 6.45) is 2.63. The van der Waals surface area contributed by atoms with E-state index in [0.717, 1.165) is 52.0 Å². The van der Waals surface area contributed by atoms with Crippen molar-refractivity contribution in [3.8, 4) is 0 Å². The van der Waals surface area contributed by atoms with Crippen molar-refractivity contribution < 1.29 is 14.3 Å². The molecule has 0 aromatic heterocycles. The molecular weight excluding hydrogens is 390 g/mol. The number of nitrogens with one attached hydrogen (secondary N) is 1. The molecule has 3 saturated heterocycles. The lowest BCUT2D eigenvalue weighted by molar-refractivity contribution is -0.134. The van der Waals surface area contributed by atoms with Crippen LogP contribution >= 0.6 is 0 Å². The highest BCUT2D eigenvalue weighted by molar-refractivity contribution is 5.79. The van der Waals surface area contributed by atoms with Crippen LogP contribution in [0.15, 0.2) is 30.3 Å². The minimum atomic E-state index is -0.0219. The lowest BCUT2D eigenvalue weighted by atomic mass is 10.0. The first-order valence-corrected chi connectivity index (χ1v) is 12.0. The van der Waals surface area contributed by atoms with E-state index in [9.17, 15) is 9.59 Å². The molecule has 170 valence electrons. The summed E-state index contributed by atoms with van der Waals surface area (Å²) in [7, 11) is 0. The second kappa shape index (κ2) is 10.1. The molecule has 3 fully saturated rings. The summed E-state index contributed by atoms with van der Waals surface area (Å²) in [4.78, 5) is 29.9. The quantitative estimate of drug-likeness (QED) is 0.693. The Labute approximate surface area is 186 Å². The van der Waals surface area contributed by atoms with Crippen molar-refractivity contribution in [3.05, 3.63) is 35.9 Å². The van der Waals surface area contributed by atoms with Crippen molar-refractivity contribution in [1.29, 1.82) is 0 Å². The molecular formula is C25H37N3O3. The van der Waals surface area contributed by atoms with Gasteiger partial charge < -0.3 is 19.9 Å². The summed E-state index contributed by atoms with van der Waals surface area (Å²) < 4.78 is 5.40. The number of carbonyl (C=O) groups is 2. The number of rotatable bonds is 8. The van der Waals surface area contributed by atoms with Crippen LogP contribution in [-0.4, -0.2) is 67.6 Å². The summed E-state index contributed by atoms with van der Waals surface area (Å²) in [5.41, 5.74) is 1.17. The highest BCUT2D eigenvalue weighted by Crippen LogP contribution is 2.32. The van der Waals surface area contributed by atoms with Gasteiger partial charge in [0.05, 0.1) is 18.6 Å². The van der Waals surface area contributed by atoms with E-state index in [1.54, 1.807) is 0 Å². The smallest absolute Gasteiger partial charge is 0.226 e. The van der Waals surface area contributed by atoms with Crippen molar-refractivity contribution in [3.63, 3.8) is 0 Å². The van der Waals surface area contributed by atoms with E-state index in [-0.39, 0.29) is 23.8 Å². The summed E-state index contributed by atoms with van der Waals surface area (Å²) in [6, 6.07) is 10.3. The van der Waals surface area contributed by atoms with Crippen molar-refractivity contribution in [2.75, 3.05) is 45.9 Å². The zero-order valence-electron chi connectivity index (χ0n) is 19.0. The summed E-state index contributed by atoms with van der Waals surface area (Å²) in [5, 5.41) is 3.29. The van der Waals surface area contributed by atoms with Gasteiger partial charge in [-0.05, 0) is 36.7 Å². The van der Waals surface area contributed by atoms with Crippen LogP contribution in [0.3, 0.4) is 0 Å². The molecule has 2 amide bonds. The van der Waals surface area contributed by atoms with E-state index in [1.807, 2.05) is 25.1 Å². The average Bonchev–Trinajstić information content (AvgIpc) is 3.52. The average molecular weight is 428 g/mol. The molecule has 4 rings (SSSR count). The number of hydrogen-bond acceptors (Lipinski definition) is 4. The fourth-order valence-electron chi connectivity index (χ4n) is 5.29. The fraction of sp³-hybridized carbons (Fsp3) is 0.680. The molecule has 0 aliphatic carbocycles. The molecule has 1 N–H and O–H groups in total. The first-order chi connectivity index (χ1) is 15.0. The standard InChI is InChI=1S/C25H37N3O3/c1-3-18(2)25(30)28-15-21-13-27(14-22(21)16-28)11-9-23(19-7-5-4-6-8-19)26-24(29)20-10-12-31-17-20/h4-8,18,20-23H,3,9-17H2,1-2H3,(H,26,29)/t18?,20?,21?,22?,23-/m0/s1. The molecule has 31 heavy (non-hydrogen) atoms. The molecule has 4 unspecified atom stereocenters. The largest absolute Gasteiger partial charge is 0.381 e. The Balaban J connectivity index is 1.30. The predicted molar refractivity (Wildman–Crippen MR) is 120 cm³/mol. The first kappa shape index (κ1) is 22.3. The summed E-state index contributed by atoms with van der Waals surface area (Å²) >= 11 is 0. The van der Waals surface area contributed by atoms with E-state index >= 15 is 0 Å². The SMILES string of the molecule is CCC(C)C(=O)N1CC2CN(CC[C@H](NC(=O)C3CCOC3)c3ccccc3)CC2C1. The van der Waals surface area contributed by atoms with Crippen LogP contribution < -0.4 is 5.32 Å². The van der Waals surface area contributed by atoms with Gasteiger partial charge in [-0.25, -0.2) is 0 Å². The van der Waals surface area contributed by atoms with E-state index in [4.69, 9.17) is 4.74 Å². The van der Waals surface area contributed by atoms with E-state index in [2.05, 4.69) is 34.2 Å². The molecule has 0 spiro atoms. The molecule has 1 aromatic rings. The van der Waals surface area contributed by atoms with Gasteiger partial charge in [-0.3, -0.25) is 9.59 Å². The van der Waals surface area contributed by atoms with Gasteiger partial charge >= 0.3 is 0 Å². The molecule has 3 heterocycles. The Morgan fingerprint density at radius 2 is 1.84 bits per heavy atom. The van der Waals surface area contributed by atoms with Gasteiger partial charge in [-0.1, -0.05) is 44.2 Å². The van der Waals surface area contributed by atoms with E-state index in [1.165, 1.54) is 5.56 Å². The van der Waals surface area contributed by atoms with Gasteiger partial charge in [0.15, 0.2) is 0 Å². The van der Waals surface area contributed by atoms with E-state index < -0.39 is 0 Å². The first-order valence-electron chi connectivity index (χ1n) is 12.0. The third-order valence-electron chi connectivity index (χ3n) is 7.46. The van der Waals surface area contributed by atoms with Gasteiger partial charge in [0.1, 0.15) is 0 Å². The minimum Gasteiger partial charge on any atom is -0.381 e. The zero-order valence-corrected chi connectivity index (χ0v) is 19.0.